The molecule has 2 aromatic heterocycles. The van der Waals surface area contributed by atoms with Crippen LogP contribution >= 0.6 is 15.9 Å². The van der Waals surface area contributed by atoms with Crippen LogP contribution in [0.4, 0.5) is 0 Å². The summed E-state index contributed by atoms with van der Waals surface area (Å²) in [6, 6.07) is 0. The van der Waals surface area contributed by atoms with Crippen LogP contribution in [0.3, 0.4) is 0 Å². The minimum absolute atomic E-state index is 0.0593. The molecule has 0 aromatic carbocycles. The van der Waals surface area contributed by atoms with E-state index in [0.29, 0.717) is 11.3 Å². The van der Waals surface area contributed by atoms with Gasteiger partial charge in [0.1, 0.15) is 5.69 Å². The molecule has 0 radical (unpaired) electrons. The van der Waals surface area contributed by atoms with Gasteiger partial charge in [0.25, 0.3) is 0 Å². The number of rotatable bonds is 4. The quantitative estimate of drug-likeness (QED) is 0.811. The van der Waals surface area contributed by atoms with Gasteiger partial charge in [-0.1, -0.05) is 6.92 Å². The van der Waals surface area contributed by atoms with Crippen molar-refractivity contribution >= 4 is 21.7 Å². The predicted molar refractivity (Wildman–Crippen MR) is 66.9 cm³/mol. The van der Waals surface area contributed by atoms with Gasteiger partial charge in [0, 0.05) is 19.8 Å². The molecule has 0 aliphatic heterocycles. The molecule has 0 atom stereocenters. The zero-order valence-electron chi connectivity index (χ0n) is 9.72. The van der Waals surface area contributed by atoms with Crippen LogP contribution in [0, 0.1) is 0 Å². The second kappa shape index (κ2) is 4.83. The van der Waals surface area contributed by atoms with Crippen LogP contribution in [0.5, 0.6) is 0 Å². The maximum Gasteiger partial charge on any atom is 0.215 e. The van der Waals surface area contributed by atoms with Gasteiger partial charge in [-0.25, -0.2) is 0 Å². The lowest BCUT2D eigenvalue weighted by atomic mass is 10.2. The molecule has 90 valence electrons. The van der Waals surface area contributed by atoms with E-state index in [2.05, 4.69) is 26.1 Å². The fraction of sp³-hybridized carbons (Fsp3) is 0.364. The molecule has 0 aliphatic rings. The van der Waals surface area contributed by atoms with Crippen molar-refractivity contribution in [2.24, 2.45) is 7.05 Å². The Morgan fingerprint density at radius 2 is 2.18 bits per heavy atom. The number of carbonyl (C=O) groups excluding carboxylic acids is 1. The minimum Gasteiger partial charge on any atom is -0.287 e. The number of ketones is 1. The van der Waals surface area contributed by atoms with Gasteiger partial charge in [-0.2, -0.15) is 10.2 Å². The van der Waals surface area contributed by atoms with E-state index in [1.165, 1.54) is 0 Å². The van der Waals surface area contributed by atoms with Crippen molar-refractivity contribution in [1.29, 1.82) is 0 Å². The molecular weight excluding hydrogens is 284 g/mol. The third-order valence-electron chi connectivity index (χ3n) is 2.41. The highest BCUT2D eigenvalue weighted by Crippen LogP contribution is 2.19. The second-order valence-electron chi connectivity index (χ2n) is 3.80. The number of hydrogen-bond acceptors (Lipinski definition) is 3. The van der Waals surface area contributed by atoms with E-state index in [1.807, 2.05) is 6.92 Å². The summed E-state index contributed by atoms with van der Waals surface area (Å²) < 4.78 is 4.06. The Morgan fingerprint density at radius 3 is 2.76 bits per heavy atom. The lowest BCUT2D eigenvalue weighted by molar-refractivity contribution is 0.102. The molecule has 0 amide bonds. The van der Waals surface area contributed by atoms with E-state index in [-0.39, 0.29) is 5.78 Å². The zero-order chi connectivity index (χ0) is 12.4. The first-order chi connectivity index (χ1) is 8.13. The van der Waals surface area contributed by atoms with Crippen LogP contribution in [-0.2, 0) is 13.6 Å². The van der Waals surface area contributed by atoms with Crippen LogP contribution in [0.2, 0.25) is 0 Å². The minimum atomic E-state index is -0.0593. The summed E-state index contributed by atoms with van der Waals surface area (Å²) in [6.45, 7) is 2.78. The van der Waals surface area contributed by atoms with Gasteiger partial charge in [-0.05, 0) is 22.4 Å². The molecule has 6 heteroatoms. The fourth-order valence-electron chi connectivity index (χ4n) is 1.64. The van der Waals surface area contributed by atoms with E-state index in [1.54, 1.807) is 35.0 Å². The molecule has 0 fully saturated rings. The summed E-state index contributed by atoms with van der Waals surface area (Å²) in [7, 11) is 1.79. The first-order valence-corrected chi connectivity index (χ1v) is 6.17. The molecule has 0 N–H and O–H groups in total. The topological polar surface area (TPSA) is 52.7 Å². The Labute approximate surface area is 108 Å². The molecule has 5 nitrogen and oxygen atoms in total. The fourth-order valence-corrected chi connectivity index (χ4v) is 2.12. The predicted octanol–water partition coefficient (Wildman–Crippen LogP) is 2.02. The number of carbonyl (C=O) groups is 1. The van der Waals surface area contributed by atoms with E-state index in [9.17, 15) is 4.79 Å². The average molecular weight is 297 g/mol. The molecule has 2 heterocycles. The molecule has 2 rings (SSSR count). The molecule has 17 heavy (non-hydrogen) atoms. The third-order valence-corrected chi connectivity index (χ3v) is 2.99. The van der Waals surface area contributed by atoms with Crippen molar-refractivity contribution in [3.63, 3.8) is 0 Å². The van der Waals surface area contributed by atoms with Crippen molar-refractivity contribution < 1.29 is 4.79 Å². The zero-order valence-corrected chi connectivity index (χ0v) is 11.3. The molecule has 0 spiro atoms. The van der Waals surface area contributed by atoms with E-state index in [0.717, 1.165) is 17.4 Å². The van der Waals surface area contributed by atoms with Crippen molar-refractivity contribution in [2.75, 3.05) is 0 Å². The SMILES string of the molecule is CCCn1ncc(Br)c1C(=O)c1cnn(C)c1. The molecule has 0 saturated carbocycles. The van der Waals surface area contributed by atoms with E-state index in [4.69, 9.17) is 0 Å². The Kier molecular flexibility index (Phi) is 3.42. The summed E-state index contributed by atoms with van der Waals surface area (Å²) in [5, 5.41) is 8.18. The normalized spacial score (nSPS) is 10.8. The van der Waals surface area contributed by atoms with Crippen LogP contribution in [0.25, 0.3) is 0 Å². The van der Waals surface area contributed by atoms with Crippen molar-refractivity contribution in [1.82, 2.24) is 19.6 Å². The number of aromatic nitrogens is 4. The first-order valence-electron chi connectivity index (χ1n) is 5.38. The maximum absolute atomic E-state index is 12.3. The summed E-state index contributed by atoms with van der Waals surface area (Å²) in [5.74, 6) is -0.0593. The van der Waals surface area contributed by atoms with Crippen molar-refractivity contribution in [3.05, 3.63) is 34.3 Å². The van der Waals surface area contributed by atoms with Crippen molar-refractivity contribution in [3.8, 4) is 0 Å². The number of hydrogen-bond donors (Lipinski definition) is 0. The highest BCUT2D eigenvalue weighted by atomic mass is 79.9. The largest absolute Gasteiger partial charge is 0.287 e. The Bertz CT molecular complexity index is 543. The maximum atomic E-state index is 12.3. The van der Waals surface area contributed by atoms with Gasteiger partial charge in [0.15, 0.2) is 0 Å². The molecule has 0 saturated heterocycles. The lowest BCUT2D eigenvalue weighted by Gasteiger charge is -2.04. The summed E-state index contributed by atoms with van der Waals surface area (Å²) in [5.41, 5.74) is 1.16. The number of halogens is 1. The lowest BCUT2D eigenvalue weighted by Crippen LogP contribution is -2.11. The third kappa shape index (κ3) is 2.31. The van der Waals surface area contributed by atoms with Crippen LogP contribution in [0.15, 0.2) is 23.1 Å². The first kappa shape index (κ1) is 12.0. The molecule has 0 unspecified atom stereocenters. The molecule has 0 aliphatic carbocycles. The van der Waals surface area contributed by atoms with Gasteiger partial charge in [0.05, 0.1) is 22.4 Å². The van der Waals surface area contributed by atoms with Gasteiger partial charge < -0.3 is 0 Å². The summed E-state index contributed by atoms with van der Waals surface area (Å²) >= 11 is 3.36. The van der Waals surface area contributed by atoms with E-state index >= 15 is 0 Å². The Morgan fingerprint density at radius 1 is 1.41 bits per heavy atom. The van der Waals surface area contributed by atoms with Gasteiger partial charge in [-0.3, -0.25) is 14.2 Å². The highest BCUT2D eigenvalue weighted by Gasteiger charge is 2.19. The van der Waals surface area contributed by atoms with Crippen LogP contribution < -0.4 is 0 Å². The van der Waals surface area contributed by atoms with Crippen LogP contribution in [-0.4, -0.2) is 25.3 Å². The second-order valence-corrected chi connectivity index (χ2v) is 4.65. The monoisotopic (exact) mass is 296 g/mol. The van der Waals surface area contributed by atoms with Gasteiger partial charge >= 0.3 is 0 Å². The molecule has 2 aromatic rings. The molecular formula is C11H13BrN4O. The number of nitrogens with zero attached hydrogens (tertiary/aromatic N) is 4. The standard InChI is InChI=1S/C11H13BrN4O/c1-3-4-16-10(9(12)6-14-16)11(17)8-5-13-15(2)7-8/h5-7H,3-4H2,1-2H3. The summed E-state index contributed by atoms with van der Waals surface area (Å²) in [6.07, 6.45) is 5.86. The Balaban J connectivity index is 2.39. The average Bonchev–Trinajstić information content (AvgIpc) is 2.86. The van der Waals surface area contributed by atoms with Gasteiger partial charge in [-0.15, -0.1) is 0 Å². The van der Waals surface area contributed by atoms with Crippen molar-refractivity contribution in [2.45, 2.75) is 19.9 Å². The number of aryl methyl sites for hydroxylation is 2. The van der Waals surface area contributed by atoms with E-state index < -0.39 is 0 Å². The molecule has 0 bridgehead atoms. The van der Waals surface area contributed by atoms with Gasteiger partial charge in [0.2, 0.25) is 5.78 Å². The smallest absolute Gasteiger partial charge is 0.215 e. The highest BCUT2D eigenvalue weighted by molar-refractivity contribution is 9.10. The Hall–Kier alpha value is -1.43. The summed E-state index contributed by atoms with van der Waals surface area (Å²) in [4.78, 5) is 12.3. The van der Waals surface area contributed by atoms with Crippen LogP contribution in [0.1, 0.15) is 29.4 Å².